The minimum Gasteiger partial charge on any atom is -0.382 e. The average Bonchev–Trinajstić information content (AvgIpc) is 2.43. The summed E-state index contributed by atoms with van der Waals surface area (Å²) in [5, 5.41) is 16.1. The number of nitrogens with zero attached hydrogens (tertiary/aromatic N) is 2. The summed E-state index contributed by atoms with van der Waals surface area (Å²) in [6, 6.07) is 4.27. The highest BCUT2D eigenvalue weighted by molar-refractivity contribution is 6.00. The number of hydrogen-bond acceptors (Lipinski definition) is 6. The van der Waals surface area contributed by atoms with E-state index in [1.807, 2.05) is 0 Å². The Balaban J connectivity index is 2.30. The third kappa shape index (κ3) is 3.00. The molecule has 112 valence electrons. The van der Waals surface area contributed by atoms with Gasteiger partial charge in [-0.1, -0.05) is 12.1 Å². The number of nitro groups is 1. The number of para-hydroxylation sites is 1. The lowest BCUT2D eigenvalue weighted by Gasteiger charge is -2.31. The number of carbonyl (C=O) groups is 2. The second-order valence-corrected chi connectivity index (χ2v) is 4.81. The fourth-order valence-corrected chi connectivity index (χ4v) is 2.34. The van der Waals surface area contributed by atoms with E-state index in [9.17, 15) is 19.7 Å². The molecule has 0 aromatic heterocycles. The molecule has 2 amide bonds. The van der Waals surface area contributed by atoms with Gasteiger partial charge in [0.1, 0.15) is 5.69 Å². The van der Waals surface area contributed by atoms with E-state index in [1.54, 1.807) is 31.0 Å². The van der Waals surface area contributed by atoms with Crippen molar-refractivity contribution in [2.75, 3.05) is 18.9 Å². The fourth-order valence-electron chi connectivity index (χ4n) is 2.34. The van der Waals surface area contributed by atoms with E-state index in [-0.39, 0.29) is 30.6 Å². The van der Waals surface area contributed by atoms with Crippen LogP contribution in [-0.4, -0.2) is 41.3 Å². The SMILES string of the molecule is CNc1c(CN2CC(=O)NC(=O)C2C)cccc1[N+](=O)[O-]. The van der Waals surface area contributed by atoms with Crippen molar-refractivity contribution in [1.82, 2.24) is 10.2 Å². The van der Waals surface area contributed by atoms with Crippen LogP contribution < -0.4 is 10.6 Å². The highest BCUT2D eigenvalue weighted by atomic mass is 16.6. The zero-order valence-electron chi connectivity index (χ0n) is 11.8. The summed E-state index contributed by atoms with van der Waals surface area (Å²) in [5.41, 5.74) is 1.03. The van der Waals surface area contributed by atoms with Gasteiger partial charge in [0.25, 0.3) is 5.69 Å². The smallest absolute Gasteiger partial charge is 0.292 e. The third-order valence-electron chi connectivity index (χ3n) is 3.49. The normalized spacial score (nSPS) is 19.2. The quantitative estimate of drug-likeness (QED) is 0.475. The second-order valence-electron chi connectivity index (χ2n) is 4.81. The third-order valence-corrected chi connectivity index (χ3v) is 3.49. The highest BCUT2D eigenvalue weighted by Gasteiger charge is 2.31. The average molecular weight is 292 g/mol. The monoisotopic (exact) mass is 292 g/mol. The summed E-state index contributed by atoms with van der Waals surface area (Å²) in [7, 11) is 1.60. The molecule has 1 fully saturated rings. The number of hydrogen-bond donors (Lipinski definition) is 2. The van der Waals surface area contributed by atoms with E-state index in [2.05, 4.69) is 10.6 Å². The lowest BCUT2D eigenvalue weighted by Crippen LogP contribution is -2.56. The summed E-state index contributed by atoms with van der Waals surface area (Å²) >= 11 is 0. The molecular formula is C13H16N4O4. The van der Waals surface area contributed by atoms with Crippen molar-refractivity contribution in [3.8, 4) is 0 Å². The molecule has 1 unspecified atom stereocenters. The molecule has 1 aliphatic rings. The van der Waals surface area contributed by atoms with Gasteiger partial charge in [0.05, 0.1) is 17.5 Å². The van der Waals surface area contributed by atoms with E-state index in [0.717, 1.165) is 0 Å². The molecule has 21 heavy (non-hydrogen) atoms. The predicted molar refractivity (Wildman–Crippen MR) is 75.7 cm³/mol. The number of imide groups is 1. The first-order chi connectivity index (χ1) is 9.93. The first kappa shape index (κ1) is 14.9. The van der Waals surface area contributed by atoms with Crippen molar-refractivity contribution in [2.24, 2.45) is 0 Å². The van der Waals surface area contributed by atoms with Crippen LogP contribution in [0.5, 0.6) is 0 Å². The molecule has 0 radical (unpaired) electrons. The number of anilines is 1. The van der Waals surface area contributed by atoms with Gasteiger partial charge in [0, 0.05) is 19.7 Å². The Morgan fingerprint density at radius 1 is 1.48 bits per heavy atom. The van der Waals surface area contributed by atoms with Crippen molar-refractivity contribution < 1.29 is 14.5 Å². The molecular weight excluding hydrogens is 276 g/mol. The number of piperazine rings is 1. The molecule has 1 saturated heterocycles. The first-order valence-corrected chi connectivity index (χ1v) is 6.45. The highest BCUT2D eigenvalue weighted by Crippen LogP contribution is 2.29. The van der Waals surface area contributed by atoms with E-state index >= 15 is 0 Å². The van der Waals surface area contributed by atoms with Crippen LogP contribution in [0.4, 0.5) is 11.4 Å². The molecule has 1 aromatic rings. The van der Waals surface area contributed by atoms with Crippen molar-refractivity contribution in [3.05, 3.63) is 33.9 Å². The summed E-state index contributed by atoms with van der Waals surface area (Å²) in [6.07, 6.45) is 0. The van der Waals surface area contributed by atoms with Gasteiger partial charge in [-0.3, -0.25) is 29.9 Å². The molecule has 1 atom stereocenters. The van der Waals surface area contributed by atoms with Crippen molar-refractivity contribution >= 4 is 23.2 Å². The molecule has 1 aromatic carbocycles. The maximum atomic E-state index is 11.6. The van der Waals surface area contributed by atoms with Gasteiger partial charge in [-0.25, -0.2) is 0 Å². The van der Waals surface area contributed by atoms with Crippen LogP contribution in [0.25, 0.3) is 0 Å². The molecule has 0 spiro atoms. The molecule has 0 bridgehead atoms. The Hall–Kier alpha value is -2.48. The number of nitro benzene ring substituents is 1. The maximum absolute atomic E-state index is 11.6. The topological polar surface area (TPSA) is 105 Å². The Labute approximate surface area is 121 Å². The van der Waals surface area contributed by atoms with Gasteiger partial charge >= 0.3 is 0 Å². The van der Waals surface area contributed by atoms with Gasteiger partial charge < -0.3 is 5.32 Å². The summed E-state index contributed by atoms with van der Waals surface area (Å²) < 4.78 is 0. The van der Waals surface area contributed by atoms with Gasteiger partial charge in [-0.05, 0) is 12.5 Å². The van der Waals surface area contributed by atoms with Crippen molar-refractivity contribution in [1.29, 1.82) is 0 Å². The largest absolute Gasteiger partial charge is 0.382 e. The Morgan fingerprint density at radius 2 is 2.19 bits per heavy atom. The molecule has 1 heterocycles. The van der Waals surface area contributed by atoms with Crippen LogP contribution in [-0.2, 0) is 16.1 Å². The summed E-state index contributed by atoms with van der Waals surface area (Å²) in [4.78, 5) is 35.3. The Kier molecular flexibility index (Phi) is 4.18. The lowest BCUT2D eigenvalue weighted by atomic mass is 10.1. The van der Waals surface area contributed by atoms with Crippen LogP contribution in [0.1, 0.15) is 12.5 Å². The minimum absolute atomic E-state index is 0.0320. The maximum Gasteiger partial charge on any atom is 0.292 e. The molecule has 1 aliphatic heterocycles. The summed E-state index contributed by atoms with van der Waals surface area (Å²) in [6.45, 7) is 2.05. The number of rotatable bonds is 4. The molecule has 2 N–H and O–H groups in total. The van der Waals surface area contributed by atoms with Crippen LogP contribution in [0.15, 0.2) is 18.2 Å². The Bertz CT molecular complexity index is 602. The zero-order chi connectivity index (χ0) is 15.6. The minimum atomic E-state index is -0.466. The number of benzene rings is 1. The molecule has 2 rings (SSSR count). The first-order valence-electron chi connectivity index (χ1n) is 6.45. The lowest BCUT2D eigenvalue weighted by molar-refractivity contribution is -0.384. The van der Waals surface area contributed by atoms with E-state index in [0.29, 0.717) is 11.3 Å². The van der Waals surface area contributed by atoms with Gasteiger partial charge in [0.2, 0.25) is 11.8 Å². The number of amides is 2. The Morgan fingerprint density at radius 3 is 2.81 bits per heavy atom. The standard InChI is InChI=1S/C13H16N4O4/c1-8-13(19)15-11(18)7-16(8)6-9-4-3-5-10(17(20)21)12(9)14-2/h3-5,8,14H,6-7H2,1-2H3,(H,15,18,19). The van der Waals surface area contributed by atoms with Gasteiger partial charge in [-0.2, -0.15) is 0 Å². The van der Waals surface area contributed by atoms with Crippen molar-refractivity contribution in [2.45, 2.75) is 19.5 Å². The van der Waals surface area contributed by atoms with E-state index in [4.69, 9.17) is 0 Å². The summed E-state index contributed by atoms with van der Waals surface area (Å²) in [5.74, 6) is -0.725. The van der Waals surface area contributed by atoms with Crippen LogP contribution in [0, 0.1) is 10.1 Å². The number of nitrogens with one attached hydrogen (secondary N) is 2. The van der Waals surface area contributed by atoms with E-state index in [1.165, 1.54) is 6.07 Å². The second kappa shape index (κ2) is 5.88. The van der Waals surface area contributed by atoms with Crippen LogP contribution in [0.2, 0.25) is 0 Å². The molecule has 0 saturated carbocycles. The van der Waals surface area contributed by atoms with Gasteiger partial charge in [0.15, 0.2) is 0 Å². The van der Waals surface area contributed by atoms with Gasteiger partial charge in [-0.15, -0.1) is 0 Å². The van der Waals surface area contributed by atoms with E-state index < -0.39 is 11.0 Å². The fraction of sp³-hybridized carbons (Fsp3) is 0.385. The zero-order valence-corrected chi connectivity index (χ0v) is 11.8. The molecule has 8 nitrogen and oxygen atoms in total. The number of carbonyl (C=O) groups excluding carboxylic acids is 2. The van der Waals surface area contributed by atoms with Crippen molar-refractivity contribution in [3.63, 3.8) is 0 Å². The predicted octanol–water partition coefficient (Wildman–Crippen LogP) is 0.483. The molecule has 0 aliphatic carbocycles. The van der Waals surface area contributed by atoms with Crippen LogP contribution in [0.3, 0.4) is 0 Å². The molecule has 8 heteroatoms. The van der Waals surface area contributed by atoms with Crippen LogP contribution >= 0.6 is 0 Å².